The summed E-state index contributed by atoms with van der Waals surface area (Å²) in [5.74, 6) is 0.0572. The number of benzene rings is 1. The van der Waals surface area contributed by atoms with E-state index in [0.29, 0.717) is 12.6 Å². The number of thiophene rings is 1. The van der Waals surface area contributed by atoms with E-state index < -0.39 is 0 Å². The molecule has 1 amide bonds. The first kappa shape index (κ1) is 13.3. The number of para-hydroxylation sites is 1. The summed E-state index contributed by atoms with van der Waals surface area (Å²) in [5, 5.41) is 5.10. The summed E-state index contributed by atoms with van der Waals surface area (Å²) >= 11 is 1.83. The zero-order valence-electron chi connectivity index (χ0n) is 11.5. The summed E-state index contributed by atoms with van der Waals surface area (Å²) < 4.78 is 0. The Bertz CT molecular complexity index is 594. The average Bonchev–Trinajstić information content (AvgIpc) is 2.92. The van der Waals surface area contributed by atoms with Crippen molar-refractivity contribution in [3.05, 3.63) is 52.2 Å². The monoisotopic (exact) mass is 286 g/mol. The van der Waals surface area contributed by atoms with E-state index in [2.05, 4.69) is 28.6 Å². The number of carbonyl (C=O) groups is 1. The molecule has 0 radical (unpaired) electrons. The van der Waals surface area contributed by atoms with Crippen molar-refractivity contribution in [1.29, 1.82) is 0 Å². The fraction of sp³-hybridized carbons (Fsp3) is 0.312. The van der Waals surface area contributed by atoms with Crippen molar-refractivity contribution in [1.82, 2.24) is 4.90 Å². The molecule has 1 aliphatic rings. The summed E-state index contributed by atoms with van der Waals surface area (Å²) in [6.07, 6.45) is 1.05. The highest BCUT2D eigenvalue weighted by Gasteiger charge is 2.25. The molecule has 0 saturated carbocycles. The number of nitrogens with one attached hydrogen (secondary N) is 1. The predicted octanol–water partition coefficient (Wildman–Crippen LogP) is 3.31. The Morgan fingerprint density at radius 2 is 2.15 bits per heavy atom. The quantitative estimate of drug-likeness (QED) is 0.939. The van der Waals surface area contributed by atoms with E-state index in [4.69, 9.17) is 0 Å². The molecule has 0 bridgehead atoms. The third kappa shape index (κ3) is 2.76. The van der Waals surface area contributed by atoms with Crippen molar-refractivity contribution >= 4 is 22.9 Å². The summed E-state index contributed by atoms with van der Waals surface area (Å²) in [5.41, 5.74) is 2.24. The standard InChI is InChI=1S/C16H18N2OS/c1-12-14-8-10-20-15(14)7-9-18(12)11-16(19)17-13-5-3-2-4-6-13/h2-6,8,10,12H,7,9,11H2,1H3,(H,17,19)/t12-/m1/s1. The van der Waals surface area contributed by atoms with E-state index in [1.165, 1.54) is 10.4 Å². The molecule has 2 heterocycles. The normalized spacial score (nSPS) is 18.6. The van der Waals surface area contributed by atoms with Crippen LogP contribution in [-0.4, -0.2) is 23.9 Å². The highest BCUT2D eigenvalue weighted by atomic mass is 32.1. The number of fused-ring (bicyclic) bond motifs is 1. The molecule has 3 nitrogen and oxygen atoms in total. The molecule has 0 unspecified atom stereocenters. The summed E-state index contributed by atoms with van der Waals surface area (Å²) in [6.45, 7) is 3.59. The fourth-order valence-corrected chi connectivity index (χ4v) is 3.65. The van der Waals surface area contributed by atoms with E-state index in [-0.39, 0.29) is 5.91 Å². The van der Waals surface area contributed by atoms with Gasteiger partial charge in [-0.1, -0.05) is 18.2 Å². The largest absolute Gasteiger partial charge is 0.325 e. The Hall–Kier alpha value is -1.65. The van der Waals surface area contributed by atoms with Gasteiger partial charge in [-0.2, -0.15) is 0 Å². The van der Waals surface area contributed by atoms with Crippen LogP contribution in [-0.2, 0) is 11.2 Å². The minimum absolute atomic E-state index is 0.0572. The molecule has 0 saturated heterocycles. The molecule has 4 heteroatoms. The molecule has 20 heavy (non-hydrogen) atoms. The van der Waals surface area contributed by atoms with Crippen molar-refractivity contribution in [2.45, 2.75) is 19.4 Å². The SMILES string of the molecule is C[C@@H]1c2ccsc2CCN1CC(=O)Nc1ccccc1. The third-order valence-corrected chi connectivity index (χ3v) is 4.80. The van der Waals surface area contributed by atoms with Crippen LogP contribution in [0.1, 0.15) is 23.4 Å². The fourth-order valence-electron chi connectivity index (χ4n) is 2.68. The summed E-state index contributed by atoms with van der Waals surface area (Å²) in [6, 6.07) is 12.1. The molecule has 1 aromatic heterocycles. The molecule has 104 valence electrons. The van der Waals surface area contributed by atoms with Crippen LogP contribution >= 0.6 is 11.3 Å². The number of hydrogen-bond donors (Lipinski definition) is 1. The number of anilines is 1. The van der Waals surface area contributed by atoms with Gasteiger partial charge in [-0.25, -0.2) is 0 Å². The summed E-state index contributed by atoms with van der Waals surface area (Å²) in [4.78, 5) is 15.8. The Labute approximate surface area is 123 Å². The van der Waals surface area contributed by atoms with Crippen LogP contribution in [0.15, 0.2) is 41.8 Å². The van der Waals surface area contributed by atoms with E-state index >= 15 is 0 Å². The maximum absolute atomic E-state index is 12.1. The molecular formula is C16H18N2OS. The van der Waals surface area contributed by atoms with Gasteiger partial charge in [0.25, 0.3) is 0 Å². The van der Waals surface area contributed by atoms with Crippen LogP contribution in [0.5, 0.6) is 0 Å². The molecular weight excluding hydrogens is 268 g/mol. The second kappa shape index (κ2) is 5.77. The number of hydrogen-bond acceptors (Lipinski definition) is 3. The van der Waals surface area contributed by atoms with Crippen LogP contribution < -0.4 is 5.32 Å². The van der Waals surface area contributed by atoms with Gasteiger partial charge in [0, 0.05) is 23.2 Å². The van der Waals surface area contributed by atoms with Gasteiger partial charge in [0.1, 0.15) is 0 Å². The van der Waals surface area contributed by atoms with Gasteiger partial charge in [-0.05, 0) is 42.5 Å². The van der Waals surface area contributed by atoms with Crippen LogP contribution in [0.25, 0.3) is 0 Å². The maximum atomic E-state index is 12.1. The van der Waals surface area contributed by atoms with Gasteiger partial charge in [0.2, 0.25) is 5.91 Å². The van der Waals surface area contributed by atoms with Crippen LogP contribution in [0.4, 0.5) is 5.69 Å². The molecule has 0 fully saturated rings. The van der Waals surface area contributed by atoms with Crippen molar-refractivity contribution in [3.63, 3.8) is 0 Å². The Balaban J connectivity index is 1.63. The minimum atomic E-state index is 0.0572. The lowest BCUT2D eigenvalue weighted by Gasteiger charge is -2.32. The van der Waals surface area contributed by atoms with Gasteiger partial charge >= 0.3 is 0 Å². The highest BCUT2D eigenvalue weighted by Crippen LogP contribution is 2.32. The lowest BCUT2D eigenvalue weighted by Crippen LogP contribution is -2.39. The topological polar surface area (TPSA) is 32.3 Å². The second-order valence-electron chi connectivity index (χ2n) is 5.11. The van der Waals surface area contributed by atoms with E-state index in [1.807, 2.05) is 41.7 Å². The smallest absolute Gasteiger partial charge is 0.238 e. The number of nitrogens with zero attached hydrogens (tertiary/aromatic N) is 1. The molecule has 2 aromatic rings. The van der Waals surface area contributed by atoms with Gasteiger partial charge in [-0.15, -0.1) is 11.3 Å². The molecule has 1 N–H and O–H groups in total. The molecule has 0 aliphatic carbocycles. The first-order valence-corrected chi connectivity index (χ1v) is 7.77. The third-order valence-electron chi connectivity index (χ3n) is 3.81. The first-order chi connectivity index (χ1) is 9.74. The van der Waals surface area contributed by atoms with E-state index in [1.54, 1.807) is 0 Å². The number of rotatable bonds is 3. The maximum Gasteiger partial charge on any atom is 0.238 e. The van der Waals surface area contributed by atoms with Gasteiger partial charge < -0.3 is 5.32 Å². The minimum Gasteiger partial charge on any atom is -0.325 e. The van der Waals surface area contributed by atoms with Gasteiger partial charge in [0.05, 0.1) is 6.54 Å². The first-order valence-electron chi connectivity index (χ1n) is 6.89. The van der Waals surface area contributed by atoms with Crippen molar-refractivity contribution in [2.24, 2.45) is 0 Å². The van der Waals surface area contributed by atoms with E-state index in [9.17, 15) is 4.79 Å². The average molecular weight is 286 g/mol. The molecule has 1 aromatic carbocycles. The molecule has 0 spiro atoms. The van der Waals surface area contributed by atoms with Crippen LogP contribution in [0, 0.1) is 0 Å². The number of carbonyl (C=O) groups excluding carboxylic acids is 1. The molecule has 1 atom stereocenters. The van der Waals surface area contributed by atoms with Gasteiger partial charge in [-0.3, -0.25) is 9.69 Å². The number of amides is 1. The molecule has 1 aliphatic heterocycles. The highest BCUT2D eigenvalue weighted by molar-refractivity contribution is 7.10. The van der Waals surface area contributed by atoms with E-state index in [0.717, 1.165) is 18.7 Å². The van der Waals surface area contributed by atoms with Crippen LogP contribution in [0.3, 0.4) is 0 Å². The zero-order chi connectivity index (χ0) is 13.9. The lowest BCUT2D eigenvalue weighted by molar-refractivity contribution is -0.117. The Morgan fingerprint density at radius 3 is 2.95 bits per heavy atom. The zero-order valence-corrected chi connectivity index (χ0v) is 12.3. The lowest BCUT2D eigenvalue weighted by atomic mass is 10.0. The van der Waals surface area contributed by atoms with Crippen LogP contribution in [0.2, 0.25) is 0 Å². The predicted molar refractivity (Wildman–Crippen MR) is 83.1 cm³/mol. The second-order valence-corrected chi connectivity index (χ2v) is 6.11. The summed E-state index contributed by atoms with van der Waals surface area (Å²) in [7, 11) is 0. The van der Waals surface area contributed by atoms with Crippen molar-refractivity contribution < 1.29 is 4.79 Å². The molecule has 3 rings (SSSR count). The Morgan fingerprint density at radius 1 is 1.35 bits per heavy atom. The Kier molecular flexibility index (Phi) is 3.85. The van der Waals surface area contributed by atoms with Gasteiger partial charge in [0.15, 0.2) is 0 Å². The van der Waals surface area contributed by atoms with Crippen molar-refractivity contribution in [3.8, 4) is 0 Å². The van der Waals surface area contributed by atoms with Crippen molar-refractivity contribution in [2.75, 3.05) is 18.4 Å².